The van der Waals surface area contributed by atoms with Crippen LogP contribution in [0.25, 0.3) is 0 Å². The molecule has 0 unspecified atom stereocenters. The van der Waals surface area contributed by atoms with Crippen molar-refractivity contribution < 1.29 is 8.42 Å². The highest BCUT2D eigenvalue weighted by molar-refractivity contribution is 7.89. The van der Waals surface area contributed by atoms with Crippen LogP contribution in [0.15, 0.2) is 17.3 Å². The molecule has 0 aliphatic carbocycles. The van der Waals surface area contributed by atoms with Gasteiger partial charge in [-0.2, -0.15) is 9.40 Å². The molecule has 1 aliphatic rings. The van der Waals surface area contributed by atoms with Crippen LogP contribution in [-0.2, 0) is 16.6 Å². The molecular formula is C14H26N4O2S. The van der Waals surface area contributed by atoms with Crippen LogP contribution < -0.4 is 5.32 Å². The Balaban J connectivity index is 2.00. The van der Waals surface area contributed by atoms with Crippen molar-refractivity contribution in [1.82, 2.24) is 19.4 Å². The van der Waals surface area contributed by atoms with Crippen LogP contribution in [0.4, 0.5) is 0 Å². The molecule has 0 aromatic carbocycles. The number of aryl methyl sites for hydroxylation is 1. The summed E-state index contributed by atoms with van der Waals surface area (Å²) in [6, 6.07) is 0. The molecule has 0 spiro atoms. The van der Waals surface area contributed by atoms with Gasteiger partial charge in [-0.05, 0) is 31.3 Å². The summed E-state index contributed by atoms with van der Waals surface area (Å²) in [6.07, 6.45) is 4.95. The first-order chi connectivity index (χ1) is 9.85. The third-order valence-electron chi connectivity index (χ3n) is 3.88. The van der Waals surface area contributed by atoms with E-state index in [1.165, 1.54) is 6.20 Å². The molecule has 0 atom stereocenters. The molecule has 0 radical (unpaired) electrons. The number of nitrogens with one attached hydrogen (secondary N) is 1. The van der Waals surface area contributed by atoms with Gasteiger partial charge >= 0.3 is 0 Å². The largest absolute Gasteiger partial charge is 0.317 e. The second-order valence-corrected chi connectivity index (χ2v) is 8.34. The Bertz CT molecular complexity index is 565. The number of aromatic nitrogens is 2. The summed E-state index contributed by atoms with van der Waals surface area (Å²) in [5.41, 5.74) is 0.0644. The number of rotatable bonds is 7. The molecule has 0 amide bonds. The Morgan fingerprint density at radius 1 is 1.43 bits per heavy atom. The van der Waals surface area contributed by atoms with Crippen LogP contribution in [0, 0.1) is 5.41 Å². The van der Waals surface area contributed by atoms with Crippen LogP contribution in [0.1, 0.15) is 33.6 Å². The molecule has 2 heterocycles. The minimum absolute atomic E-state index is 0.0644. The van der Waals surface area contributed by atoms with E-state index in [1.807, 2.05) is 0 Å². The molecule has 1 fully saturated rings. The smallest absolute Gasteiger partial charge is 0.246 e. The SMILES string of the molecule is CCNCCCn1cc(S(=O)(=O)N2CCC(C)(C)C2)cn1. The van der Waals surface area contributed by atoms with Crippen LogP contribution in [0.3, 0.4) is 0 Å². The third-order valence-corrected chi connectivity index (χ3v) is 5.68. The molecule has 0 saturated carbocycles. The molecule has 6 nitrogen and oxygen atoms in total. The lowest BCUT2D eigenvalue weighted by Gasteiger charge is -2.18. The normalized spacial score (nSPS) is 19.2. The molecule has 21 heavy (non-hydrogen) atoms. The second-order valence-electron chi connectivity index (χ2n) is 6.40. The fraction of sp³-hybridized carbons (Fsp3) is 0.786. The molecule has 1 aromatic rings. The molecule has 1 saturated heterocycles. The van der Waals surface area contributed by atoms with Crippen molar-refractivity contribution >= 4 is 10.0 Å². The zero-order valence-corrected chi connectivity index (χ0v) is 14.0. The Labute approximate surface area is 127 Å². The maximum Gasteiger partial charge on any atom is 0.246 e. The number of nitrogens with zero attached hydrogens (tertiary/aromatic N) is 3. The molecule has 1 N–H and O–H groups in total. The molecule has 2 rings (SSSR count). The lowest BCUT2D eigenvalue weighted by atomic mass is 9.93. The topological polar surface area (TPSA) is 67.2 Å². The van der Waals surface area contributed by atoms with Gasteiger partial charge in [-0.1, -0.05) is 20.8 Å². The molecule has 1 aromatic heterocycles. The van der Waals surface area contributed by atoms with E-state index in [9.17, 15) is 8.42 Å². The number of hydrogen-bond donors (Lipinski definition) is 1. The van der Waals surface area contributed by atoms with Crippen molar-refractivity contribution in [3.63, 3.8) is 0 Å². The standard InChI is InChI=1S/C14H26N4O2S/c1-4-15-7-5-8-17-11-13(10-16-17)21(19,20)18-9-6-14(2,3)12-18/h10-11,15H,4-9,12H2,1-3H3. The maximum absolute atomic E-state index is 12.6. The van der Waals surface area contributed by atoms with Gasteiger partial charge in [-0.3, -0.25) is 4.68 Å². The highest BCUT2D eigenvalue weighted by atomic mass is 32.2. The highest BCUT2D eigenvalue weighted by Gasteiger charge is 2.37. The molecular weight excluding hydrogens is 288 g/mol. The van der Waals surface area contributed by atoms with Gasteiger partial charge in [0, 0.05) is 25.8 Å². The zero-order valence-electron chi connectivity index (χ0n) is 13.2. The summed E-state index contributed by atoms with van der Waals surface area (Å²) in [7, 11) is -3.39. The van der Waals surface area contributed by atoms with Crippen LogP contribution in [-0.4, -0.2) is 48.7 Å². The Morgan fingerprint density at radius 3 is 2.81 bits per heavy atom. The predicted octanol–water partition coefficient (Wildman–Crippen LogP) is 1.30. The minimum Gasteiger partial charge on any atom is -0.317 e. The van der Waals surface area contributed by atoms with Crippen molar-refractivity contribution in [2.45, 2.75) is 45.1 Å². The van der Waals surface area contributed by atoms with Gasteiger partial charge in [0.05, 0.1) is 6.20 Å². The van der Waals surface area contributed by atoms with Crippen LogP contribution in [0.5, 0.6) is 0 Å². The van der Waals surface area contributed by atoms with Gasteiger partial charge in [-0.25, -0.2) is 8.42 Å². The Hall–Kier alpha value is -0.920. The van der Waals surface area contributed by atoms with E-state index in [2.05, 4.69) is 31.2 Å². The van der Waals surface area contributed by atoms with E-state index in [0.717, 1.165) is 32.5 Å². The Morgan fingerprint density at radius 2 is 2.19 bits per heavy atom. The lowest BCUT2D eigenvalue weighted by molar-refractivity contribution is 0.375. The van der Waals surface area contributed by atoms with Crippen LogP contribution in [0.2, 0.25) is 0 Å². The summed E-state index contributed by atoms with van der Waals surface area (Å²) in [4.78, 5) is 0.309. The van der Waals surface area contributed by atoms with Gasteiger partial charge < -0.3 is 5.32 Å². The minimum atomic E-state index is -3.39. The van der Waals surface area contributed by atoms with Gasteiger partial charge in [0.1, 0.15) is 4.90 Å². The fourth-order valence-corrected chi connectivity index (χ4v) is 4.14. The van der Waals surface area contributed by atoms with E-state index in [1.54, 1.807) is 15.2 Å². The van der Waals surface area contributed by atoms with E-state index in [4.69, 9.17) is 0 Å². The molecule has 7 heteroatoms. The predicted molar refractivity (Wildman–Crippen MR) is 82.5 cm³/mol. The van der Waals surface area contributed by atoms with E-state index < -0.39 is 10.0 Å². The summed E-state index contributed by atoms with van der Waals surface area (Å²) in [5.74, 6) is 0. The lowest BCUT2D eigenvalue weighted by Crippen LogP contribution is -2.30. The molecule has 1 aliphatic heterocycles. The number of sulfonamides is 1. The van der Waals surface area contributed by atoms with Gasteiger partial charge in [0.2, 0.25) is 10.0 Å². The van der Waals surface area contributed by atoms with Gasteiger partial charge in [0.25, 0.3) is 0 Å². The zero-order chi connectivity index (χ0) is 15.5. The van der Waals surface area contributed by atoms with Crippen LogP contribution >= 0.6 is 0 Å². The van der Waals surface area contributed by atoms with E-state index in [-0.39, 0.29) is 5.41 Å². The van der Waals surface area contributed by atoms with Crippen molar-refractivity contribution in [3.8, 4) is 0 Å². The maximum atomic E-state index is 12.6. The first kappa shape index (κ1) is 16.5. The van der Waals surface area contributed by atoms with E-state index in [0.29, 0.717) is 18.0 Å². The van der Waals surface area contributed by atoms with E-state index >= 15 is 0 Å². The monoisotopic (exact) mass is 314 g/mol. The van der Waals surface area contributed by atoms with Gasteiger partial charge in [0.15, 0.2) is 0 Å². The second kappa shape index (κ2) is 6.46. The van der Waals surface area contributed by atoms with Crippen molar-refractivity contribution in [2.75, 3.05) is 26.2 Å². The quantitative estimate of drug-likeness (QED) is 0.771. The summed E-state index contributed by atoms with van der Waals surface area (Å²) >= 11 is 0. The Kier molecular flexibility index (Phi) is 5.06. The first-order valence-corrected chi connectivity index (χ1v) is 9.02. The highest BCUT2D eigenvalue weighted by Crippen LogP contribution is 2.32. The molecule has 120 valence electrons. The van der Waals surface area contributed by atoms with Crippen molar-refractivity contribution in [3.05, 3.63) is 12.4 Å². The van der Waals surface area contributed by atoms with Crippen molar-refractivity contribution in [2.24, 2.45) is 5.41 Å². The van der Waals surface area contributed by atoms with Crippen molar-refractivity contribution in [1.29, 1.82) is 0 Å². The first-order valence-electron chi connectivity index (χ1n) is 7.58. The summed E-state index contributed by atoms with van der Waals surface area (Å²) < 4.78 is 28.4. The fourth-order valence-electron chi connectivity index (χ4n) is 2.56. The summed E-state index contributed by atoms with van der Waals surface area (Å²) in [6.45, 7) is 10.0. The number of hydrogen-bond acceptors (Lipinski definition) is 4. The summed E-state index contributed by atoms with van der Waals surface area (Å²) in [5, 5.41) is 7.41. The average Bonchev–Trinajstić information content (AvgIpc) is 3.02. The third kappa shape index (κ3) is 4.05. The van der Waals surface area contributed by atoms with Gasteiger partial charge in [-0.15, -0.1) is 0 Å². The average molecular weight is 314 g/mol. The molecule has 0 bridgehead atoms.